The molecule has 6 heteroatoms. The number of hydrogen-bond donors (Lipinski definition) is 1. The summed E-state index contributed by atoms with van der Waals surface area (Å²) in [6, 6.07) is 12.0. The molecule has 138 valence electrons. The third kappa shape index (κ3) is 5.32. The molecule has 1 amide bonds. The number of aryl methyl sites for hydroxylation is 1. The van der Waals surface area contributed by atoms with Crippen LogP contribution in [0.3, 0.4) is 0 Å². The van der Waals surface area contributed by atoms with Crippen molar-refractivity contribution >= 4 is 29.3 Å². The summed E-state index contributed by atoms with van der Waals surface area (Å²) in [5.74, 6) is 1.99. The van der Waals surface area contributed by atoms with Gasteiger partial charge in [-0.2, -0.15) is 0 Å². The van der Waals surface area contributed by atoms with E-state index in [9.17, 15) is 4.79 Å². The minimum atomic E-state index is -0.0277. The second-order valence-corrected chi connectivity index (χ2v) is 7.72. The zero-order valence-electron chi connectivity index (χ0n) is 14.7. The smallest absolute Gasteiger partial charge is 0.224 e. The van der Waals surface area contributed by atoms with Crippen LogP contribution in [0.2, 0.25) is 5.02 Å². The molecule has 3 rings (SSSR count). The number of thioether (sulfide) groups is 1. The highest BCUT2D eigenvalue weighted by atomic mass is 35.5. The molecule has 1 aliphatic rings. The van der Waals surface area contributed by atoms with E-state index in [-0.39, 0.29) is 12.3 Å². The maximum Gasteiger partial charge on any atom is 0.224 e. The fraction of sp³-hybridized carbons (Fsp3) is 0.350. The number of carbonyl (C=O) groups excluding carboxylic acids is 1. The van der Waals surface area contributed by atoms with Crippen molar-refractivity contribution in [2.75, 3.05) is 25.5 Å². The van der Waals surface area contributed by atoms with Gasteiger partial charge in [0, 0.05) is 23.6 Å². The predicted molar refractivity (Wildman–Crippen MR) is 106 cm³/mol. The molecule has 1 N–H and O–H groups in total. The van der Waals surface area contributed by atoms with Crippen LogP contribution in [0.25, 0.3) is 0 Å². The molecule has 0 saturated carbocycles. The number of carbonyl (C=O) groups is 1. The Hall–Kier alpha value is -1.85. The van der Waals surface area contributed by atoms with Gasteiger partial charge in [-0.1, -0.05) is 29.3 Å². The monoisotopic (exact) mass is 391 g/mol. The van der Waals surface area contributed by atoms with E-state index in [1.807, 2.05) is 6.07 Å². The van der Waals surface area contributed by atoms with E-state index in [1.165, 1.54) is 10.5 Å². The first-order chi connectivity index (χ1) is 12.6. The van der Waals surface area contributed by atoms with Gasteiger partial charge in [-0.05, 0) is 36.8 Å². The molecule has 0 saturated heterocycles. The highest BCUT2D eigenvalue weighted by Crippen LogP contribution is 2.38. The van der Waals surface area contributed by atoms with Crippen LogP contribution in [0.4, 0.5) is 0 Å². The number of fused-ring (bicyclic) bond motifs is 1. The normalized spacial score (nSPS) is 13.2. The maximum absolute atomic E-state index is 12.2. The van der Waals surface area contributed by atoms with E-state index < -0.39 is 0 Å². The van der Waals surface area contributed by atoms with Gasteiger partial charge in [0.15, 0.2) is 11.5 Å². The van der Waals surface area contributed by atoms with Crippen molar-refractivity contribution in [3.63, 3.8) is 0 Å². The van der Waals surface area contributed by atoms with Crippen molar-refractivity contribution in [3.8, 4) is 11.5 Å². The van der Waals surface area contributed by atoms with Crippen molar-refractivity contribution in [2.45, 2.75) is 24.7 Å². The average Bonchev–Trinajstić information content (AvgIpc) is 2.86. The summed E-state index contributed by atoms with van der Waals surface area (Å²) in [6.07, 6.45) is 1.09. The molecule has 0 bridgehead atoms. The molecule has 1 heterocycles. The van der Waals surface area contributed by atoms with E-state index in [0.717, 1.165) is 17.7 Å². The topological polar surface area (TPSA) is 47.6 Å². The van der Waals surface area contributed by atoms with E-state index in [1.54, 1.807) is 17.8 Å². The molecule has 0 aromatic heterocycles. The Kier molecular flexibility index (Phi) is 6.69. The fourth-order valence-corrected chi connectivity index (χ4v) is 3.68. The van der Waals surface area contributed by atoms with E-state index >= 15 is 0 Å². The van der Waals surface area contributed by atoms with Gasteiger partial charge in [0.05, 0.1) is 24.7 Å². The van der Waals surface area contributed by atoms with Crippen molar-refractivity contribution in [3.05, 3.63) is 52.5 Å². The summed E-state index contributed by atoms with van der Waals surface area (Å²) in [7, 11) is 0. The zero-order valence-corrected chi connectivity index (χ0v) is 16.3. The Morgan fingerprint density at radius 3 is 2.77 bits per heavy atom. The summed E-state index contributed by atoms with van der Waals surface area (Å²) >= 11 is 8.00. The maximum atomic E-state index is 12.2. The Bertz CT molecular complexity index is 764. The lowest BCUT2D eigenvalue weighted by Gasteiger charge is -2.11. The minimum absolute atomic E-state index is 0.0277. The van der Waals surface area contributed by atoms with Crippen LogP contribution in [0.1, 0.15) is 17.5 Å². The quantitative estimate of drug-likeness (QED) is 0.590. The number of amides is 1. The molecule has 26 heavy (non-hydrogen) atoms. The van der Waals surface area contributed by atoms with Gasteiger partial charge in [-0.15, -0.1) is 11.8 Å². The largest absolute Gasteiger partial charge is 0.489 e. The molecular weight excluding hydrogens is 370 g/mol. The van der Waals surface area contributed by atoms with Gasteiger partial charge in [0.2, 0.25) is 5.91 Å². The van der Waals surface area contributed by atoms with E-state index in [2.05, 4.69) is 36.5 Å². The van der Waals surface area contributed by atoms with Gasteiger partial charge in [0.1, 0.15) is 0 Å². The molecule has 0 fully saturated rings. The summed E-state index contributed by atoms with van der Waals surface area (Å²) < 4.78 is 11.3. The number of rotatable bonds is 6. The molecule has 0 aliphatic carbocycles. The first-order valence-corrected chi connectivity index (χ1v) is 10.0. The highest BCUT2D eigenvalue weighted by Gasteiger charge is 2.16. The molecule has 1 aliphatic heterocycles. The van der Waals surface area contributed by atoms with Crippen LogP contribution in [0.15, 0.2) is 41.3 Å². The molecule has 2 aromatic rings. The highest BCUT2D eigenvalue weighted by molar-refractivity contribution is 7.99. The third-order valence-corrected chi connectivity index (χ3v) is 5.24. The average molecular weight is 392 g/mol. The van der Waals surface area contributed by atoms with Crippen molar-refractivity contribution in [1.82, 2.24) is 5.32 Å². The Morgan fingerprint density at radius 1 is 1.19 bits per heavy atom. The molecule has 4 nitrogen and oxygen atoms in total. The van der Waals surface area contributed by atoms with Crippen LogP contribution in [-0.4, -0.2) is 31.4 Å². The zero-order chi connectivity index (χ0) is 18.4. The standard InChI is InChI=1S/C20H22ClNO3S/c1-14-3-5-16(6-4-14)26-10-7-22-19(23)13-15-11-17(21)20-18(12-15)24-8-2-9-25-20/h3-6,11-12H,2,7-10,13H2,1H3,(H,22,23). The van der Waals surface area contributed by atoms with Crippen LogP contribution in [0, 0.1) is 6.92 Å². The predicted octanol–water partition coefficient (Wildman–Crippen LogP) is 4.26. The lowest BCUT2D eigenvalue weighted by Crippen LogP contribution is -2.27. The summed E-state index contributed by atoms with van der Waals surface area (Å²) in [5.41, 5.74) is 2.07. The van der Waals surface area contributed by atoms with Crippen LogP contribution < -0.4 is 14.8 Å². The van der Waals surface area contributed by atoms with Crippen LogP contribution in [0.5, 0.6) is 11.5 Å². The van der Waals surface area contributed by atoms with Crippen molar-refractivity contribution in [2.24, 2.45) is 0 Å². The summed E-state index contributed by atoms with van der Waals surface area (Å²) in [4.78, 5) is 13.4. The van der Waals surface area contributed by atoms with Gasteiger partial charge in [-0.3, -0.25) is 4.79 Å². The number of benzene rings is 2. The molecule has 0 spiro atoms. The van der Waals surface area contributed by atoms with Crippen LogP contribution >= 0.6 is 23.4 Å². The molecular formula is C20H22ClNO3S. The minimum Gasteiger partial charge on any atom is -0.489 e. The Balaban J connectivity index is 1.48. The number of ether oxygens (including phenoxy) is 2. The Labute approximate surface area is 163 Å². The van der Waals surface area contributed by atoms with Gasteiger partial charge in [0.25, 0.3) is 0 Å². The molecule has 2 aromatic carbocycles. The number of nitrogens with one attached hydrogen (secondary N) is 1. The van der Waals surface area contributed by atoms with Crippen LogP contribution in [-0.2, 0) is 11.2 Å². The molecule has 0 radical (unpaired) electrons. The second kappa shape index (κ2) is 9.19. The lowest BCUT2D eigenvalue weighted by atomic mass is 10.1. The first kappa shape index (κ1) is 18.9. The van der Waals surface area contributed by atoms with E-state index in [0.29, 0.717) is 36.3 Å². The van der Waals surface area contributed by atoms with Crippen molar-refractivity contribution in [1.29, 1.82) is 0 Å². The number of halogens is 1. The summed E-state index contributed by atoms with van der Waals surface area (Å²) in [6.45, 7) is 3.87. The van der Waals surface area contributed by atoms with Gasteiger partial charge >= 0.3 is 0 Å². The first-order valence-electron chi connectivity index (χ1n) is 8.66. The fourth-order valence-electron chi connectivity index (χ4n) is 2.63. The van der Waals surface area contributed by atoms with E-state index in [4.69, 9.17) is 21.1 Å². The van der Waals surface area contributed by atoms with Crippen molar-refractivity contribution < 1.29 is 14.3 Å². The molecule has 0 atom stereocenters. The SMILES string of the molecule is Cc1ccc(SCCNC(=O)Cc2cc(Cl)c3c(c2)OCCCO3)cc1. The lowest BCUT2D eigenvalue weighted by molar-refractivity contribution is -0.120. The summed E-state index contributed by atoms with van der Waals surface area (Å²) in [5, 5.41) is 3.44. The van der Waals surface area contributed by atoms with Gasteiger partial charge < -0.3 is 14.8 Å². The second-order valence-electron chi connectivity index (χ2n) is 6.14. The van der Waals surface area contributed by atoms with Gasteiger partial charge in [-0.25, -0.2) is 0 Å². The third-order valence-electron chi connectivity index (χ3n) is 3.94. The molecule has 0 unspecified atom stereocenters. The Morgan fingerprint density at radius 2 is 1.96 bits per heavy atom. The number of hydrogen-bond acceptors (Lipinski definition) is 4.